The van der Waals surface area contributed by atoms with E-state index in [1.165, 1.54) is 0 Å². The van der Waals surface area contributed by atoms with Crippen LogP contribution in [0.2, 0.25) is 0 Å². The van der Waals surface area contributed by atoms with Crippen LogP contribution in [0.25, 0.3) is 0 Å². The first-order chi connectivity index (χ1) is 30.7. The Balaban J connectivity index is 1.26. The van der Waals surface area contributed by atoms with Crippen LogP contribution >= 0.6 is 0 Å². The smallest absolute Gasteiger partial charge is 0.169 e. The molecule has 0 unspecified atom stereocenters. The molecule has 2 aliphatic heterocycles. The lowest BCUT2D eigenvalue weighted by Crippen LogP contribution is -2.62. The second-order valence-corrected chi connectivity index (χ2v) is 16.2. The van der Waals surface area contributed by atoms with Gasteiger partial charge >= 0.3 is 0 Å². The first-order valence-electron chi connectivity index (χ1n) is 21.5. The van der Waals surface area contributed by atoms with Crippen LogP contribution in [-0.2, 0) is 16.7 Å². The average Bonchev–Trinajstić information content (AvgIpc) is 3.81. The molecule has 62 heavy (non-hydrogen) atoms. The van der Waals surface area contributed by atoms with Crippen molar-refractivity contribution in [2.75, 3.05) is 36.4 Å². The number of aliphatic hydroxyl groups is 2. The van der Waals surface area contributed by atoms with E-state index in [2.05, 4.69) is 226 Å². The van der Waals surface area contributed by atoms with Crippen LogP contribution in [0.5, 0.6) is 0 Å². The van der Waals surface area contributed by atoms with Crippen LogP contribution in [0.15, 0.2) is 242 Å². The highest BCUT2D eigenvalue weighted by atomic mass is 16.3. The Morgan fingerprint density at radius 1 is 0.371 bits per heavy atom. The Labute approximate surface area is 364 Å². The fourth-order valence-electron chi connectivity index (χ4n) is 10.5. The van der Waals surface area contributed by atoms with Gasteiger partial charge < -0.3 is 29.8 Å². The molecular weight excluding hydrogens is 761 g/mol. The van der Waals surface area contributed by atoms with Gasteiger partial charge in [-0.25, -0.2) is 0 Å². The predicted octanol–water partition coefficient (Wildman–Crippen LogP) is 10.3. The highest BCUT2D eigenvalue weighted by molar-refractivity contribution is 5.81. The zero-order chi connectivity index (χ0) is 42.0. The number of anilines is 2. The molecule has 3 aliphatic rings. The van der Waals surface area contributed by atoms with Crippen molar-refractivity contribution >= 4 is 11.4 Å². The molecule has 0 saturated carbocycles. The summed E-state index contributed by atoms with van der Waals surface area (Å²) in [4.78, 5) is 9.99. The third-order valence-electron chi connectivity index (χ3n) is 13.3. The zero-order valence-corrected chi connectivity index (χ0v) is 34.7. The van der Waals surface area contributed by atoms with Crippen molar-refractivity contribution < 1.29 is 10.2 Å². The number of nitrogens with zero attached hydrogens (tertiary/aromatic N) is 4. The molecule has 0 radical (unpaired) electrons. The molecule has 0 bridgehead atoms. The van der Waals surface area contributed by atoms with E-state index in [0.717, 1.165) is 56.1 Å². The van der Waals surface area contributed by atoms with Crippen molar-refractivity contribution in [1.29, 1.82) is 0 Å². The first-order valence-corrected chi connectivity index (χ1v) is 21.5. The van der Waals surface area contributed by atoms with Gasteiger partial charge in [-0.1, -0.05) is 212 Å². The number of benzene rings is 7. The fraction of sp³-hybridized carbons (Fsp3) is 0.143. The van der Waals surface area contributed by atoms with Crippen LogP contribution in [-0.4, -0.2) is 46.6 Å². The van der Waals surface area contributed by atoms with E-state index in [-0.39, 0.29) is 13.2 Å². The van der Waals surface area contributed by atoms with Gasteiger partial charge in [0.25, 0.3) is 0 Å². The molecule has 0 spiro atoms. The van der Waals surface area contributed by atoms with E-state index in [1.54, 1.807) is 0 Å². The molecule has 7 aromatic rings. The minimum absolute atomic E-state index is 0.143. The molecule has 0 amide bonds. The number of rotatable bonds is 12. The summed E-state index contributed by atoms with van der Waals surface area (Å²) in [5, 5.41) is 24.1. The van der Waals surface area contributed by atoms with E-state index >= 15 is 0 Å². The molecular formula is C56H50N4O2. The Hall–Kier alpha value is -7.12. The summed E-state index contributed by atoms with van der Waals surface area (Å²) in [6.45, 7) is 0.576. The van der Waals surface area contributed by atoms with Crippen molar-refractivity contribution in [3.8, 4) is 0 Å². The zero-order valence-electron chi connectivity index (χ0n) is 34.7. The number of hydrogen-bond acceptors (Lipinski definition) is 6. The highest BCUT2D eigenvalue weighted by Gasteiger charge is 2.57. The molecule has 6 nitrogen and oxygen atoms in total. The number of fused-ring (bicyclic) bond motifs is 1. The maximum Gasteiger partial charge on any atom is 0.169 e. The molecule has 7 aromatic carbocycles. The monoisotopic (exact) mass is 810 g/mol. The van der Waals surface area contributed by atoms with E-state index < -0.39 is 16.7 Å². The molecule has 10 rings (SSSR count). The Morgan fingerprint density at radius 2 is 0.726 bits per heavy atom. The van der Waals surface area contributed by atoms with E-state index in [9.17, 15) is 10.2 Å². The Morgan fingerprint density at radius 3 is 1.15 bits per heavy atom. The summed E-state index contributed by atoms with van der Waals surface area (Å²) in [6, 6.07) is 72.2. The largest absolute Gasteiger partial charge is 0.393 e. The Kier molecular flexibility index (Phi) is 10.3. The summed E-state index contributed by atoms with van der Waals surface area (Å²) < 4.78 is 0. The minimum Gasteiger partial charge on any atom is -0.393 e. The van der Waals surface area contributed by atoms with Crippen molar-refractivity contribution in [3.63, 3.8) is 0 Å². The molecule has 0 atom stereocenters. The van der Waals surface area contributed by atoms with Gasteiger partial charge in [-0.05, 0) is 40.5 Å². The molecule has 2 heterocycles. The van der Waals surface area contributed by atoms with Crippen LogP contribution in [0.1, 0.15) is 39.8 Å². The number of para-hydroxylation sites is 2. The van der Waals surface area contributed by atoms with Crippen molar-refractivity contribution in [2.24, 2.45) is 0 Å². The fourth-order valence-corrected chi connectivity index (χ4v) is 10.5. The molecule has 306 valence electrons. The molecule has 0 aromatic heterocycles. The van der Waals surface area contributed by atoms with Crippen LogP contribution in [0.3, 0.4) is 0 Å². The Bertz CT molecular complexity index is 2590. The van der Waals surface area contributed by atoms with Crippen LogP contribution < -0.4 is 9.80 Å². The number of allylic oxidation sites excluding steroid dienone is 4. The molecule has 1 aliphatic carbocycles. The third kappa shape index (κ3) is 6.01. The quantitative estimate of drug-likeness (QED) is 0.128. The molecule has 0 fully saturated rings. The average molecular weight is 811 g/mol. The molecule has 0 saturated heterocycles. The second-order valence-electron chi connectivity index (χ2n) is 16.2. The van der Waals surface area contributed by atoms with Crippen molar-refractivity contribution in [2.45, 2.75) is 23.2 Å². The minimum atomic E-state index is -0.972. The van der Waals surface area contributed by atoms with Gasteiger partial charge in [0.1, 0.15) is 11.1 Å². The maximum absolute atomic E-state index is 12.1. The third-order valence-corrected chi connectivity index (χ3v) is 13.3. The summed E-state index contributed by atoms with van der Waals surface area (Å²) >= 11 is 0. The van der Waals surface area contributed by atoms with Gasteiger partial charge in [0.2, 0.25) is 0 Å². The van der Waals surface area contributed by atoms with Gasteiger partial charge in [0.05, 0.1) is 43.6 Å². The second kappa shape index (κ2) is 16.4. The molecule has 6 heteroatoms. The van der Waals surface area contributed by atoms with Crippen molar-refractivity contribution in [3.05, 3.63) is 275 Å². The molecule has 2 N–H and O–H groups in total. The van der Waals surface area contributed by atoms with E-state index in [4.69, 9.17) is 0 Å². The van der Waals surface area contributed by atoms with Gasteiger partial charge in [-0.3, -0.25) is 0 Å². The van der Waals surface area contributed by atoms with Gasteiger partial charge in [0, 0.05) is 23.2 Å². The normalized spacial score (nSPS) is 15.2. The lowest BCUT2D eigenvalue weighted by Gasteiger charge is -2.53. The summed E-state index contributed by atoms with van der Waals surface area (Å²) in [5.74, 6) is 0. The lowest BCUT2D eigenvalue weighted by atomic mass is 9.81. The van der Waals surface area contributed by atoms with E-state index in [0.29, 0.717) is 19.8 Å². The van der Waals surface area contributed by atoms with Gasteiger partial charge in [0.15, 0.2) is 5.66 Å². The van der Waals surface area contributed by atoms with Gasteiger partial charge in [-0.15, -0.1) is 0 Å². The van der Waals surface area contributed by atoms with Gasteiger partial charge in [-0.2, -0.15) is 0 Å². The number of aliphatic hydroxyl groups excluding tert-OH is 2. The summed E-state index contributed by atoms with van der Waals surface area (Å²) in [5.41, 5.74) is 7.63. The standard InChI is InChI=1S/C56H50N4O2/c61-40-54(44-24-8-1-9-25-44,45-26-10-2-11-27-45)57-42-59(52-37-21-7-20-36-50(52)57)56(48-32-16-5-17-33-48,49-34-18-6-19-35-49)60-43-58(51-38-22-23-39-53(51)60)55(41-62,46-28-12-3-13-29-46)47-30-14-4-15-31-47/h1-35,37-39,61-62H,36,40-43H2. The lowest BCUT2D eigenvalue weighted by molar-refractivity contribution is 0.0436. The number of hydrogen-bond donors (Lipinski definition) is 2. The van der Waals surface area contributed by atoms with Crippen LogP contribution in [0.4, 0.5) is 11.4 Å². The topological polar surface area (TPSA) is 53.4 Å². The maximum atomic E-state index is 12.1. The summed E-state index contributed by atoms with van der Waals surface area (Å²) in [7, 11) is 0. The van der Waals surface area contributed by atoms with E-state index in [1.807, 2.05) is 24.3 Å². The predicted molar refractivity (Wildman–Crippen MR) is 250 cm³/mol. The van der Waals surface area contributed by atoms with Crippen LogP contribution in [0, 0.1) is 0 Å². The first kappa shape index (κ1) is 39.0. The highest BCUT2D eigenvalue weighted by Crippen LogP contribution is 2.56. The SMILES string of the molecule is OCC(c1ccccc1)(c1ccccc1)N1CN(C(c2ccccc2)(c2ccccc2)N2CN(C(CO)(c3ccccc3)c3ccccc3)c3ccccc32)C2=C1CC=CC=C2. The van der Waals surface area contributed by atoms with Crippen molar-refractivity contribution in [1.82, 2.24) is 9.80 Å². The summed E-state index contributed by atoms with van der Waals surface area (Å²) in [6.07, 6.45) is 9.43.